The number of hydrogen-bond donors (Lipinski definition) is 2. The molecular weight excluding hydrogens is 222 g/mol. The zero-order valence-corrected chi connectivity index (χ0v) is 11.5. The van der Waals surface area contributed by atoms with Crippen LogP contribution in [0.5, 0.6) is 0 Å². The summed E-state index contributed by atoms with van der Waals surface area (Å²) in [4.78, 5) is 0. The molecular formula is C16H25NO. The molecule has 1 aliphatic carbocycles. The summed E-state index contributed by atoms with van der Waals surface area (Å²) >= 11 is 0. The van der Waals surface area contributed by atoms with Crippen molar-refractivity contribution in [3.8, 4) is 0 Å². The summed E-state index contributed by atoms with van der Waals surface area (Å²) in [5.41, 5.74) is 2.95. The summed E-state index contributed by atoms with van der Waals surface area (Å²) in [6.45, 7) is 5.74. The minimum Gasteiger partial charge on any atom is -0.396 e. The summed E-state index contributed by atoms with van der Waals surface area (Å²) in [7, 11) is 0. The lowest BCUT2D eigenvalue weighted by Gasteiger charge is -2.37. The first kappa shape index (κ1) is 13.6. The molecule has 0 saturated heterocycles. The molecule has 1 unspecified atom stereocenters. The second kappa shape index (κ2) is 6.35. The van der Waals surface area contributed by atoms with Crippen molar-refractivity contribution in [1.82, 2.24) is 5.32 Å². The molecule has 1 fully saturated rings. The Balaban J connectivity index is 1.73. The van der Waals surface area contributed by atoms with Gasteiger partial charge < -0.3 is 10.4 Å². The van der Waals surface area contributed by atoms with Gasteiger partial charge in [0.05, 0.1) is 0 Å². The van der Waals surface area contributed by atoms with Crippen LogP contribution in [0.15, 0.2) is 24.3 Å². The van der Waals surface area contributed by atoms with Crippen LogP contribution in [0.25, 0.3) is 0 Å². The molecule has 1 atom stereocenters. The van der Waals surface area contributed by atoms with Gasteiger partial charge in [-0.1, -0.05) is 31.2 Å². The Kier molecular flexibility index (Phi) is 4.79. The molecule has 2 N–H and O–H groups in total. The molecule has 0 aliphatic heterocycles. The average Bonchev–Trinajstić information content (AvgIpc) is 2.29. The largest absolute Gasteiger partial charge is 0.396 e. The fraction of sp³-hybridized carbons (Fsp3) is 0.625. The Morgan fingerprint density at radius 3 is 2.72 bits per heavy atom. The molecule has 1 aliphatic rings. The molecule has 0 aromatic heterocycles. The van der Waals surface area contributed by atoms with Crippen LogP contribution in [0.1, 0.15) is 43.2 Å². The van der Waals surface area contributed by atoms with Crippen LogP contribution in [0.3, 0.4) is 0 Å². The lowest BCUT2D eigenvalue weighted by atomic mass is 9.74. The van der Waals surface area contributed by atoms with E-state index in [-0.39, 0.29) is 0 Å². The van der Waals surface area contributed by atoms with Crippen LogP contribution in [-0.4, -0.2) is 24.3 Å². The van der Waals surface area contributed by atoms with E-state index in [2.05, 4.69) is 43.4 Å². The molecule has 2 heteroatoms. The van der Waals surface area contributed by atoms with E-state index < -0.39 is 0 Å². The van der Waals surface area contributed by atoms with E-state index in [1.807, 2.05) is 0 Å². The minimum absolute atomic E-state index is 0.305. The van der Waals surface area contributed by atoms with Crippen LogP contribution in [0.4, 0.5) is 0 Å². The van der Waals surface area contributed by atoms with Crippen molar-refractivity contribution in [2.45, 2.75) is 45.1 Å². The highest BCUT2D eigenvalue weighted by atomic mass is 16.3. The van der Waals surface area contributed by atoms with Gasteiger partial charge in [-0.15, -0.1) is 0 Å². The third-order valence-corrected chi connectivity index (χ3v) is 4.14. The van der Waals surface area contributed by atoms with E-state index >= 15 is 0 Å². The third-order valence-electron chi connectivity index (χ3n) is 4.14. The second-order valence-electron chi connectivity index (χ2n) is 5.75. The predicted octanol–water partition coefficient (Wildman–Crippen LogP) is 2.85. The first-order valence-corrected chi connectivity index (χ1v) is 7.10. The summed E-state index contributed by atoms with van der Waals surface area (Å²) in [5, 5.41) is 12.5. The monoisotopic (exact) mass is 247 g/mol. The third kappa shape index (κ3) is 3.33. The highest BCUT2D eigenvalue weighted by Gasteiger charge is 2.30. The van der Waals surface area contributed by atoms with Gasteiger partial charge in [-0.05, 0) is 55.7 Å². The van der Waals surface area contributed by atoms with Gasteiger partial charge in [-0.25, -0.2) is 0 Å². The van der Waals surface area contributed by atoms with E-state index in [1.54, 1.807) is 0 Å². The van der Waals surface area contributed by atoms with Gasteiger partial charge in [0.2, 0.25) is 0 Å². The number of aliphatic hydroxyl groups is 1. The molecule has 0 amide bonds. The number of benzene rings is 1. The summed E-state index contributed by atoms with van der Waals surface area (Å²) in [6.07, 6.45) is 3.42. The standard InChI is InChI=1S/C16H25NO/c1-12(7-8-18)11-17-15-9-14(10-15)16-6-4-3-5-13(16)2/h3-6,12,14-15,17-18H,7-11H2,1-2H3. The number of hydrogen-bond acceptors (Lipinski definition) is 2. The maximum absolute atomic E-state index is 8.87. The van der Waals surface area contributed by atoms with Crippen molar-refractivity contribution < 1.29 is 5.11 Å². The van der Waals surface area contributed by atoms with Crippen LogP contribution in [-0.2, 0) is 0 Å². The lowest BCUT2D eigenvalue weighted by molar-refractivity contribution is 0.240. The fourth-order valence-corrected chi connectivity index (χ4v) is 2.77. The fourth-order valence-electron chi connectivity index (χ4n) is 2.77. The molecule has 1 aromatic carbocycles. The van der Waals surface area contributed by atoms with Gasteiger partial charge >= 0.3 is 0 Å². The van der Waals surface area contributed by atoms with E-state index in [9.17, 15) is 0 Å². The Morgan fingerprint density at radius 2 is 2.06 bits per heavy atom. The van der Waals surface area contributed by atoms with Crippen LogP contribution >= 0.6 is 0 Å². The SMILES string of the molecule is Cc1ccccc1C1CC(NCC(C)CCO)C1. The number of rotatable bonds is 6. The van der Waals surface area contributed by atoms with Gasteiger partial charge in [-0.2, -0.15) is 0 Å². The Labute approximate surface area is 110 Å². The molecule has 2 nitrogen and oxygen atoms in total. The first-order chi connectivity index (χ1) is 8.70. The van der Waals surface area contributed by atoms with Crippen LogP contribution in [0.2, 0.25) is 0 Å². The quantitative estimate of drug-likeness (QED) is 0.810. The van der Waals surface area contributed by atoms with Gasteiger partial charge in [0.25, 0.3) is 0 Å². The van der Waals surface area contributed by atoms with Crippen LogP contribution in [0, 0.1) is 12.8 Å². The van der Waals surface area contributed by atoms with Crippen molar-refractivity contribution in [2.24, 2.45) is 5.92 Å². The molecule has 0 bridgehead atoms. The van der Waals surface area contributed by atoms with Gasteiger partial charge in [0.1, 0.15) is 0 Å². The maximum atomic E-state index is 8.87. The van der Waals surface area contributed by atoms with Crippen molar-refractivity contribution in [1.29, 1.82) is 0 Å². The smallest absolute Gasteiger partial charge is 0.0434 e. The van der Waals surface area contributed by atoms with Crippen molar-refractivity contribution in [3.05, 3.63) is 35.4 Å². The van der Waals surface area contributed by atoms with E-state index in [0.717, 1.165) is 18.9 Å². The predicted molar refractivity (Wildman–Crippen MR) is 75.8 cm³/mol. The second-order valence-corrected chi connectivity index (χ2v) is 5.75. The highest BCUT2D eigenvalue weighted by Crippen LogP contribution is 2.38. The summed E-state index contributed by atoms with van der Waals surface area (Å²) < 4.78 is 0. The Hall–Kier alpha value is -0.860. The van der Waals surface area contributed by atoms with Crippen molar-refractivity contribution >= 4 is 0 Å². The number of nitrogens with one attached hydrogen (secondary N) is 1. The number of aryl methyl sites for hydroxylation is 1. The summed E-state index contributed by atoms with van der Waals surface area (Å²) in [5.74, 6) is 1.32. The molecule has 0 heterocycles. The zero-order valence-electron chi connectivity index (χ0n) is 11.5. The molecule has 18 heavy (non-hydrogen) atoms. The first-order valence-electron chi connectivity index (χ1n) is 7.10. The summed E-state index contributed by atoms with van der Waals surface area (Å²) in [6, 6.07) is 9.41. The van der Waals surface area contributed by atoms with Crippen LogP contribution < -0.4 is 5.32 Å². The maximum Gasteiger partial charge on any atom is 0.0434 e. The topological polar surface area (TPSA) is 32.3 Å². The molecule has 1 saturated carbocycles. The molecule has 0 radical (unpaired) electrons. The van der Waals surface area contributed by atoms with Gasteiger partial charge in [0, 0.05) is 12.6 Å². The van der Waals surface area contributed by atoms with Crippen molar-refractivity contribution in [2.75, 3.05) is 13.2 Å². The van der Waals surface area contributed by atoms with E-state index in [4.69, 9.17) is 5.11 Å². The molecule has 100 valence electrons. The lowest BCUT2D eigenvalue weighted by Crippen LogP contribution is -2.42. The van der Waals surface area contributed by atoms with Gasteiger partial charge in [-0.3, -0.25) is 0 Å². The average molecular weight is 247 g/mol. The normalized spacial score (nSPS) is 24.6. The van der Waals surface area contributed by atoms with Gasteiger partial charge in [0.15, 0.2) is 0 Å². The van der Waals surface area contributed by atoms with Crippen molar-refractivity contribution in [3.63, 3.8) is 0 Å². The van der Waals surface area contributed by atoms with E-state index in [0.29, 0.717) is 18.6 Å². The zero-order chi connectivity index (χ0) is 13.0. The minimum atomic E-state index is 0.305. The molecule has 0 spiro atoms. The molecule has 2 rings (SSSR count). The number of aliphatic hydroxyl groups excluding tert-OH is 1. The highest BCUT2D eigenvalue weighted by molar-refractivity contribution is 5.31. The van der Waals surface area contributed by atoms with E-state index in [1.165, 1.54) is 24.0 Å². The molecule has 1 aromatic rings. The Morgan fingerprint density at radius 1 is 1.33 bits per heavy atom. The Bertz CT molecular complexity index is 371.